The Morgan fingerprint density at radius 3 is 1.88 bits per heavy atom. The van der Waals surface area contributed by atoms with E-state index in [9.17, 15) is 5.11 Å². The zero-order valence-corrected chi connectivity index (χ0v) is 13.3. The largest absolute Gasteiger partial charge is 1.00 e. The van der Waals surface area contributed by atoms with Gasteiger partial charge in [0.25, 0.3) is 0 Å². The summed E-state index contributed by atoms with van der Waals surface area (Å²) >= 11 is 16.6. The Labute approximate surface area is 137 Å². The molecule has 2 rings (SSSR count). The van der Waals surface area contributed by atoms with Crippen molar-refractivity contribution in [2.24, 2.45) is 0 Å². The van der Waals surface area contributed by atoms with Crippen LogP contribution in [-0.2, 0) is 0 Å². The Kier molecular flexibility index (Phi) is 9.06. The number of benzene rings is 1. The summed E-state index contributed by atoms with van der Waals surface area (Å²) in [6.07, 6.45) is 1.50. The first kappa shape index (κ1) is 17.0. The summed E-state index contributed by atoms with van der Waals surface area (Å²) in [6.45, 7) is 0. The minimum absolute atomic E-state index is 0. The normalized spacial score (nSPS) is 8.65. The van der Waals surface area contributed by atoms with Gasteiger partial charge in [0.2, 0.25) is 0 Å². The maximum atomic E-state index is 10.3. The maximum Gasteiger partial charge on any atom is 1.00 e. The van der Waals surface area contributed by atoms with Crippen LogP contribution in [-0.4, -0.2) is 4.98 Å². The number of rotatable bonds is 0. The molecule has 2 nitrogen and oxygen atoms in total. The van der Waals surface area contributed by atoms with Crippen LogP contribution in [0.25, 0.3) is 0 Å². The van der Waals surface area contributed by atoms with Crippen LogP contribution in [0.2, 0.25) is 15.2 Å². The van der Waals surface area contributed by atoms with Crippen LogP contribution in [0.3, 0.4) is 0 Å². The third kappa shape index (κ3) is 6.51. The van der Waals surface area contributed by atoms with E-state index in [-0.39, 0.29) is 40.5 Å². The van der Waals surface area contributed by atoms with Gasteiger partial charge in [-0.3, -0.25) is 0 Å². The fourth-order valence-electron chi connectivity index (χ4n) is 0.817. The van der Waals surface area contributed by atoms with E-state index in [4.69, 9.17) is 34.8 Å². The van der Waals surface area contributed by atoms with Crippen LogP contribution in [0, 0.1) is 0 Å². The molecule has 0 unspecified atom stereocenters. The predicted octanol–water partition coefficient (Wildman–Crippen LogP) is 0.806. The molecule has 0 aliphatic heterocycles. The second-order valence-electron chi connectivity index (χ2n) is 2.71. The van der Waals surface area contributed by atoms with Gasteiger partial charge in [-0.15, -0.1) is 5.75 Å². The van der Waals surface area contributed by atoms with Gasteiger partial charge in [0, 0.05) is 6.20 Å². The first-order valence-electron chi connectivity index (χ1n) is 4.29. The van der Waals surface area contributed by atoms with Crippen molar-refractivity contribution in [2.45, 2.75) is 0 Å². The second kappa shape index (κ2) is 9.03. The molecule has 0 atom stereocenters. The SMILES string of the molecule is Clc1ccnc(Cl)c1Cl.[Na+].[O-]c1ccccc1. The van der Waals surface area contributed by atoms with Crippen molar-refractivity contribution < 1.29 is 34.7 Å². The molecule has 17 heavy (non-hydrogen) atoms. The predicted molar refractivity (Wildman–Crippen MR) is 65.2 cm³/mol. The summed E-state index contributed by atoms with van der Waals surface area (Å²) in [6, 6.07) is 9.90. The van der Waals surface area contributed by atoms with Crippen LogP contribution in [0.1, 0.15) is 0 Å². The Hall–Kier alpha value is 0.0400. The summed E-state index contributed by atoms with van der Waals surface area (Å²) in [5.74, 6) is 0.0718. The van der Waals surface area contributed by atoms with Gasteiger partial charge < -0.3 is 5.11 Å². The van der Waals surface area contributed by atoms with Crippen LogP contribution in [0.5, 0.6) is 5.75 Å². The van der Waals surface area contributed by atoms with E-state index >= 15 is 0 Å². The smallest absolute Gasteiger partial charge is 0.872 e. The number of para-hydroxylation sites is 1. The first-order chi connectivity index (χ1) is 7.61. The quantitative estimate of drug-likeness (QED) is 0.533. The van der Waals surface area contributed by atoms with Crippen molar-refractivity contribution in [1.29, 1.82) is 0 Å². The summed E-state index contributed by atoms with van der Waals surface area (Å²) < 4.78 is 0. The minimum Gasteiger partial charge on any atom is -0.872 e. The van der Waals surface area contributed by atoms with Gasteiger partial charge in [-0.1, -0.05) is 65.1 Å². The van der Waals surface area contributed by atoms with Crippen LogP contribution < -0.4 is 34.7 Å². The molecule has 0 N–H and O–H groups in total. The van der Waals surface area contributed by atoms with E-state index in [1.165, 1.54) is 18.3 Å². The fourth-order valence-corrected chi connectivity index (χ4v) is 1.28. The average molecular weight is 299 g/mol. The van der Waals surface area contributed by atoms with Gasteiger partial charge in [0.05, 0.1) is 10.0 Å². The van der Waals surface area contributed by atoms with Crippen LogP contribution in [0.4, 0.5) is 0 Å². The standard InChI is InChI=1S/C6H6O.C5H2Cl3N.Na/c7-6-4-2-1-3-5-6;6-3-1-2-9-5(8)4(3)7;/h1-5,7H;1-2H;/q;;+1/p-1. The van der Waals surface area contributed by atoms with Gasteiger partial charge in [0.15, 0.2) is 0 Å². The third-order valence-corrected chi connectivity index (χ3v) is 2.72. The van der Waals surface area contributed by atoms with Crippen molar-refractivity contribution in [3.05, 3.63) is 57.8 Å². The molecule has 0 amide bonds. The minimum atomic E-state index is 0. The molecule has 0 aliphatic rings. The third-order valence-electron chi connectivity index (χ3n) is 1.54. The molecule has 0 saturated heterocycles. The summed E-state index contributed by atoms with van der Waals surface area (Å²) in [7, 11) is 0. The molecule has 0 bridgehead atoms. The average Bonchev–Trinajstić information content (AvgIpc) is 2.28. The molecular formula is C11H7Cl3NNaO. The zero-order valence-electron chi connectivity index (χ0n) is 9.03. The van der Waals surface area contributed by atoms with E-state index in [1.807, 2.05) is 6.07 Å². The van der Waals surface area contributed by atoms with Gasteiger partial charge in [-0.05, 0) is 6.07 Å². The second-order valence-corrected chi connectivity index (χ2v) is 3.85. The molecule has 1 heterocycles. The fraction of sp³-hybridized carbons (Fsp3) is 0. The van der Waals surface area contributed by atoms with E-state index < -0.39 is 0 Å². The summed E-state index contributed by atoms with van der Waals surface area (Å²) in [5, 5.41) is 11.2. The number of nitrogens with zero attached hydrogens (tertiary/aromatic N) is 1. The monoisotopic (exact) mass is 297 g/mol. The number of halogens is 3. The molecule has 6 heteroatoms. The van der Waals surface area contributed by atoms with Crippen molar-refractivity contribution >= 4 is 34.8 Å². The molecule has 1 aromatic carbocycles. The topological polar surface area (TPSA) is 36.0 Å². The van der Waals surface area contributed by atoms with Crippen molar-refractivity contribution in [3.8, 4) is 5.75 Å². The Morgan fingerprint density at radius 1 is 0.941 bits per heavy atom. The Morgan fingerprint density at radius 2 is 1.53 bits per heavy atom. The molecule has 2 aromatic rings. The van der Waals surface area contributed by atoms with Gasteiger partial charge >= 0.3 is 29.6 Å². The molecule has 0 aliphatic carbocycles. The number of aromatic nitrogens is 1. The summed E-state index contributed by atoms with van der Waals surface area (Å²) in [5.41, 5.74) is 0. The number of pyridine rings is 1. The molecule has 0 fully saturated rings. The maximum absolute atomic E-state index is 10.3. The number of hydrogen-bond acceptors (Lipinski definition) is 2. The molecule has 0 spiro atoms. The Bertz CT molecular complexity index is 433. The van der Waals surface area contributed by atoms with Crippen LogP contribution >= 0.6 is 34.8 Å². The molecule has 84 valence electrons. The van der Waals surface area contributed by atoms with Gasteiger partial charge in [-0.25, -0.2) is 4.98 Å². The molecule has 1 aromatic heterocycles. The Balaban J connectivity index is 0.000000292. The van der Waals surface area contributed by atoms with Gasteiger partial charge in [0.1, 0.15) is 5.15 Å². The summed E-state index contributed by atoms with van der Waals surface area (Å²) in [4.78, 5) is 3.69. The molecule has 0 saturated carbocycles. The van der Waals surface area contributed by atoms with Gasteiger partial charge in [-0.2, -0.15) is 0 Å². The van der Waals surface area contributed by atoms with Crippen molar-refractivity contribution in [3.63, 3.8) is 0 Å². The van der Waals surface area contributed by atoms with E-state index in [2.05, 4.69) is 4.98 Å². The molecular weight excluding hydrogens is 291 g/mol. The van der Waals surface area contributed by atoms with E-state index in [0.717, 1.165) is 0 Å². The van der Waals surface area contributed by atoms with Crippen molar-refractivity contribution in [1.82, 2.24) is 4.98 Å². The van der Waals surface area contributed by atoms with Crippen molar-refractivity contribution in [2.75, 3.05) is 0 Å². The van der Waals surface area contributed by atoms with Crippen LogP contribution in [0.15, 0.2) is 42.6 Å². The zero-order chi connectivity index (χ0) is 12.0. The van der Waals surface area contributed by atoms with E-state index in [0.29, 0.717) is 10.0 Å². The number of hydrogen-bond donors (Lipinski definition) is 0. The molecule has 0 radical (unpaired) electrons. The first-order valence-corrected chi connectivity index (χ1v) is 5.42. The van der Waals surface area contributed by atoms with E-state index in [1.54, 1.807) is 18.2 Å².